The molecule has 24 heavy (non-hydrogen) atoms. The second-order valence-electron chi connectivity index (χ2n) is 6.46. The summed E-state index contributed by atoms with van der Waals surface area (Å²) in [6.07, 6.45) is 0. The van der Waals surface area contributed by atoms with Gasteiger partial charge in [0.2, 0.25) is 0 Å². The predicted molar refractivity (Wildman–Crippen MR) is 99.7 cm³/mol. The Kier molecular flexibility index (Phi) is 8.24. The maximum Gasteiger partial charge on any atom is 1.00 e. The smallest absolute Gasteiger partial charge is 0.493 e. The number of rotatable bonds is 6. The van der Waals surface area contributed by atoms with Crippen LogP contribution in [0.3, 0.4) is 0 Å². The fraction of sp³-hybridized carbons (Fsp3) is 0.350. The van der Waals surface area contributed by atoms with Gasteiger partial charge in [0, 0.05) is 5.56 Å². The fourth-order valence-electron chi connectivity index (χ4n) is 2.63. The monoisotopic (exact) mass is 335 g/mol. The molecule has 0 saturated carbocycles. The summed E-state index contributed by atoms with van der Waals surface area (Å²) in [5.74, 6) is 1.37. The van der Waals surface area contributed by atoms with E-state index in [0.29, 0.717) is 12.5 Å². The fourth-order valence-corrected chi connectivity index (χ4v) is 3.74. The second kappa shape index (κ2) is 9.43. The third kappa shape index (κ3) is 5.78. The van der Waals surface area contributed by atoms with Crippen LogP contribution >= 0.6 is 8.58 Å². The van der Waals surface area contributed by atoms with Gasteiger partial charge in [-0.1, -0.05) is 43.7 Å². The van der Waals surface area contributed by atoms with Crippen LogP contribution in [0.1, 0.15) is 40.9 Å². The third-order valence-electron chi connectivity index (χ3n) is 3.60. The Bertz CT molecular complexity index is 670. The normalized spacial score (nSPS) is 10.9. The Morgan fingerprint density at radius 1 is 1.04 bits per heavy atom. The van der Waals surface area contributed by atoms with E-state index in [9.17, 15) is 4.79 Å². The average Bonchev–Trinajstić information content (AvgIpc) is 2.45. The van der Waals surface area contributed by atoms with Crippen molar-refractivity contribution in [2.75, 3.05) is 6.61 Å². The molecule has 2 nitrogen and oxygen atoms in total. The molecule has 0 aliphatic rings. The molecule has 2 aromatic carbocycles. The van der Waals surface area contributed by atoms with Gasteiger partial charge in [0.25, 0.3) is 0 Å². The van der Waals surface area contributed by atoms with Crippen molar-refractivity contribution in [3.05, 3.63) is 58.7 Å². The molecule has 0 N–H and O–H groups in total. The van der Waals surface area contributed by atoms with Crippen LogP contribution in [0, 0.1) is 26.7 Å². The molecule has 0 amide bonds. The average molecular weight is 335 g/mol. The maximum atomic E-state index is 12.6. The van der Waals surface area contributed by atoms with Gasteiger partial charge in [0.15, 0.2) is 5.52 Å². The van der Waals surface area contributed by atoms with E-state index < -0.39 is 0 Å². The van der Waals surface area contributed by atoms with Gasteiger partial charge in [-0.3, -0.25) is 4.79 Å². The molecule has 0 aliphatic heterocycles. The van der Waals surface area contributed by atoms with Gasteiger partial charge in [0.1, 0.15) is 5.75 Å². The van der Waals surface area contributed by atoms with Crippen LogP contribution in [0.5, 0.6) is 5.75 Å². The molecule has 0 bridgehead atoms. The summed E-state index contributed by atoms with van der Waals surface area (Å²) in [5, 5.41) is 1.05. The molecule has 0 saturated heterocycles. The van der Waals surface area contributed by atoms with E-state index in [1.807, 2.05) is 38.1 Å². The van der Waals surface area contributed by atoms with Crippen molar-refractivity contribution in [2.45, 2.75) is 34.6 Å². The molecule has 2 aromatic rings. The number of hydrogen-bond donors (Lipinski definition) is 0. The summed E-state index contributed by atoms with van der Waals surface area (Å²) < 4.78 is 5.68. The van der Waals surface area contributed by atoms with E-state index >= 15 is 0 Å². The Balaban J connectivity index is 0.00000288. The molecule has 0 aliphatic carbocycles. The molecule has 1 unspecified atom stereocenters. The zero-order chi connectivity index (χ0) is 17.0. The SMILES string of the molecule is Cc1cc(C)c(C(=O)Pc2ccc(OCC(C)C)cc2)c(C)c1.[Li+]. The predicted octanol–water partition coefficient (Wildman–Crippen LogP) is 1.79. The topological polar surface area (TPSA) is 26.3 Å². The Morgan fingerprint density at radius 2 is 1.58 bits per heavy atom. The van der Waals surface area contributed by atoms with E-state index in [-0.39, 0.29) is 33.0 Å². The Hall–Kier alpha value is -1.06. The van der Waals surface area contributed by atoms with Crippen LogP contribution in [0.25, 0.3) is 0 Å². The summed E-state index contributed by atoms with van der Waals surface area (Å²) in [7, 11) is 0.145. The second-order valence-corrected chi connectivity index (χ2v) is 7.74. The first-order chi connectivity index (χ1) is 10.9. The minimum atomic E-state index is 0. The maximum absolute atomic E-state index is 12.6. The number of ether oxygens (including phenoxy) is 1. The molecule has 0 spiro atoms. The molecular weight excluding hydrogens is 310 g/mol. The number of benzene rings is 2. The first kappa shape index (κ1) is 21.0. The van der Waals surface area contributed by atoms with Crippen LogP contribution in [-0.4, -0.2) is 12.1 Å². The van der Waals surface area contributed by atoms with Crippen molar-refractivity contribution in [2.24, 2.45) is 5.92 Å². The summed E-state index contributed by atoms with van der Waals surface area (Å²) in [6, 6.07) is 12.0. The number of hydrogen-bond acceptors (Lipinski definition) is 2. The third-order valence-corrected chi connectivity index (χ3v) is 4.70. The summed E-state index contributed by atoms with van der Waals surface area (Å²) in [4.78, 5) is 12.6. The number of aryl methyl sites for hydroxylation is 3. The van der Waals surface area contributed by atoms with Gasteiger partial charge in [-0.2, -0.15) is 0 Å². The van der Waals surface area contributed by atoms with Crippen molar-refractivity contribution < 1.29 is 28.4 Å². The van der Waals surface area contributed by atoms with E-state index in [4.69, 9.17) is 4.74 Å². The summed E-state index contributed by atoms with van der Waals surface area (Å²) in [5.41, 5.74) is 4.41. The minimum Gasteiger partial charge on any atom is -0.493 e. The van der Waals surface area contributed by atoms with E-state index in [1.165, 1.54) is 5.56 Å². The Labute approximate surface area is 159 Å². The van der Waals surface area contributed by atoms with Gasteiger partial charge < -0.3 is 4.74 Å². The zero-order valence-electron chi connectivity index (χ0n) is 15.6. The first-order valence-corrected chi connectivity index (χ1v) is 8.99. The molecule has 0 aromatic heterocycles. The molecule has 0 heterocycles. The molecular formula is C20H25LiO2P+. The van der Waals surface area contributed by atoms with Crippen LogP contribution in [0.4, 0.5) is 0 Å². The van der Waals surface area contributed by atoms with Gasteiger partial charge in [-0.25, -0.2) is 0 Å². The van der Waals surface area contributed by atoms with Crippen LogP contribution in [0.2, 0.25) is 0 Å². The molecule has 1 atom stereocenters. The molecule has 122 valence electrons. The molecule has 2 rings (SSSR count). The van der Waals surface area contributed by atoms with Gasteiger partial charge in [0.05, 0.1) is 6.61 Å². The summed E-state index contributed by atoms with van der Waals surface area (Å²) >= 11 is 0. The van der Waals surface area contributed by atoms with Gasteiger partial charge in [-0.15, -0.1) is 0 Å². The van der Waals surface area contributed by atoms with Crippen molar-refractivity contribution in [3.63, 3.8) is 0 Å². The molecule has 0 fully saturated rings. The van der Waals surface area contributed by atoms with Gasteiger partial charge >= 0.3 is 18.9 Å². The van der Waals surface area contributed by atoms with E-state index in [1.54, 1.807) is 0 Å². The summed E-state index contributed by atoms with van der Waals surface area (Å²) in [6.45, 7) is 11.1. The number of carbonyl (C=O) groups is 1. The zero-order valence-corrected chi connectivity index (χ0v) is 16.6. The minimum absolute atomic E-state index is 0. The van der Waals surface area contributed by atoms with Crippen LogP contribution in [-0.2, 0) is 0 Å². The van der Waals surface area contributed by atoms with E-state index in [2.05, 4.69) is 32.9 Å². The van der Waals surface area contributed by atoms with Crippen LogP contribution < -0.4 is 28.9 Å². The van der Waals surface area contributed by atoms with Crippen molar-refractivity contribution in [1.29, 1.82) is 0 Å². The molecule has 0 radical (unpaired) electrons. The van der Waals surface area contributed by atoms with Gasteiger partial charge in [-0.05, 0) is 63.8 Å². The van der Waals surface area contributed by atoms with Crippen molar-refractivity contribution in [3.8, 4) is 5.75 Å². The standard InChI is InChI=1S/C20H25O2P.Li/c1-13(2)12-22-17-6-8-18(9-7-17)23-20(21)19-15(4)10-14(3)11-16(19)5;/h6-11,13,23H,12H2,1-5H3;/q;+1. The van der Waals surface area contributed by atoms with E-state index in [0.717, 1.165) is 27.7 Å². The van der Waals surface area contributed by atoms with Crippen molar-refractivity contribution in [1.82, 2.24) is 0 Å². The molecule has 4 heteroatoms. The largest absolute Gasteiger partial charge is 1.00 e. The van der Waals surface area contributed by atoms with Crippen LogP contribution in [0.15, 0.2) is 36.4 Å². The Morgan fingerprint density at radius 3 is 2.08 bits per heavy atom. The first-order valence-electron chi connectivity index (χ1n) is 7.99. The number of carbonyl (C=O) groups excluding carboxylic acids is 1. The quantitative estimate of drug-likeness (QED) is 0.594. The van der Waals surface area contributed by atoms with Crippen molar-refractivity contribution >= 4 is 19.4 Å².